The fourth-order valence-electron chi connectivity index (χ4n) is 2.46. The fraction of sp³-hybridized carbons (Fsp3) is 0.263. The minimum atomic E-state index is -0.193. The SMILES string of the molecule is COc1ccccc1COC(=O)CCCc1nc2ccccc2s1. The first-order chi connectivity index (χ1) is 11.8. The lowest BCUT2D eigenvalue weighted by Crippen LogP contribution is -2.05. The van der Waals surface area contributed by atoms with Crippen molar-refractivity contribution in [1.82, 2.24) is 4.98 Å². The molecule has 0 atom stereocenters. The van der Waals surface area contributed by atoms with E-state index in [1.807, 2.05) is 42.5 Å². The zero-order valence-corrected chi connectivity index (χ0v) is 14.3. The zero-order valence-electron chi connectivity index (χ0n) is 13.5. The van der Waals surface area contributed by atoms with Crippen LogP contribution in [-0.4, -0.2) is 18.1 Å². The van der Waals surface area contributed by atoms with Gasteiger partial charge in [-0.2, -0.15) is 0 Å². The summed E-state index contributed by atoms with van der Waals surface area (Å²) >= 11 is 1.68. The highest BCUT2D eigenvalue weighted by atomic mass is 32.1. The number of benzene rings is 2. The molecule has 1 aromatic heterocycles. The third kappa shape index (κ3) is 4.11. The largest absolute Gasteiger partial charge is 0.496 e. The van der Waals surface area contributed by atoms with Gasteiger partial charge in [0.15, 0.2) is 0 Å². The van der Waals surface area contributed by atoms with E-state index in [-0.39, 0.29) is 12.6 Å². The topological polar surface area (TPSA) is 48.4 Å². The smallest absolute Gasteiger partial charge is 0.306 e. The van der Waals surface area contributed by atoms with Gasteiger partial charge in [-0.15, -0.1) is 11.3 Å². The molecule has 0 unspecified atom stereocenters. The Kier molecular flexibility index (Phi) is 5.43. The fourth-order valence-corrected chi connectivity index (χ4v) is 3.47. The van der Waals surface area contributed by atoms with Crippen molar-refractivity contribution in [3.8, 4) is 5.75 Å². The second kappa shape index (κ2) is 7.93. The molecule has 0 N–H and O–H groups in total. The molecule has 5 heteroatoms. The van der Waals surface area contributed by atoms with Crippen LogP contribution >= 0.6 is 11.3 Å². The third-order valence-corrected chi connectivity index (χ3v) is 4.79. The molecule has 0 saturated heterocycles. The van der Waals surface area contributed by atoms with Gasteiger partial charge < -0.3 is 9.47 Å². The van der Waals surface area contributed by atoms with E-state index in [1.54, 1.807) is 18.4 Å². The molecule has 24 heavy (non-hydrogen) atoms. The summed E-state index contributed by atoms with van der Waals surface area (Å²) < 4.78 is 11.8. The summed E-state index contributed by atoms with van der Waals surface area (Å²) in [7, 11) is 1.61. The number of esters is 1. The first kappa shape index (κ1) is 16.5. The van der Waals surface area contributed by atoms with Crippen molar-refractivity contribution >= 4 is 27.5 Å². The molecular formula is C19H19NO3S. The summed E-state index contributed by atoms with van der Waals surface area (Å²) in [5, 5.41) is 1.06. The molecule has 0 aliphatic carbocycles. The molecular weight excluding hydrogens is 322 g/mol. The van der Waals surface area contributed by atoms with Gasteiger partial charge in [0, 0.05) is 12.0 Å². The van der Waals surface area contributed by atoms with Crippen molar-refractivity contribution in [2.45, 2.75) is 25.9 Å². The zero-order chi connectivity index (χ0) is 16.8. The molecule has 4 nitrogen and oxygen atoms in total. The quantitative estimate of drug-likeness (QED) is 0.599. The number of aromatic nitrogens is 1. The van der Waals surface area contributed by atoms with Crippen LogP contribution in [0.4, 0.5) is 0 Å². The summed E-state index contributed by atoms with van der Waals surface area (Å²) in [5.74, 6) is 0.543. The number of carbonyl (C=O) groups excluding carboxylic acids is 1. The maximum absolute atomic E-state index is 11.9. The lowest BCUT2D eigenvalue weighted by molar-refractivity contribution is -0.145. The van der Waals surface area contributed by atoms with E-state index in [0.717, 1.165) is 34.7 Å². The Morgan fingerprint density at radius 1 is 1.12 bits per heavy atom. The van der Waals surface area contributed by atoms with Crippen molar-refractivity contribution in [3.63, 3.8) is 0 Å². The Hall–Kier alpha value is -2.40. The van der Waals surface area contributed by atoms with E-state index in [4.69, 9.17) is 9.47 Å². The van der Waals surface area contributed by atoms with Crippen molar-refractivity contribution in [3.05, 3.63) is 59.1 Å². The summed E-state index contributed by atoms with van der Waals surface area (Å²) in [6, 6.07) is 15.6. The van der Waals surface area contributed by atoms with Crippen LogP contribution in [-0.2, 0) is 22.6 Å². The lowest BCUT2D eigenvalue weighted by Gasteiger charge is -2.08. The molecule has 0 amide bonds. The van der Waals surface area contributed by atoms with Gasteiger partial charge in [-0.05, 0) is 31.0 Å². The van der Waals surface area contributed by atoms with E-state index >= 15 is 0 Å². The number of para-hydroxylation sites is 2. The third-order valence-electron chi connectivity index (χ3n) is 3.69. The number of carbonyl (C=O) groups is 1. The number of rotatable bonds is 7. The second-order valence-corrected chi connectivity index (χ2v) is 6.52. The van der Waals surface area contributed by atoms with Crippen LogP contribution in [0.5, 0.6) is 5.75 Å². The highest BCUT2D eigenvalue weighted by molar-refractivity contribution is 7.18. The van der Waals surface area contributed by atoms with Crippen molar-refractivity contribution in [1.29, 1.82) is 0 Å². The van der Waals surface area contributed by atoms with Gasteiger partial charge in [0.1, 0.15) is 12.4 Å². The minimum Gasteiger partial charge on any atom is -0.496 e. The normalized spacial score (nSPS) is 10.7. The molecule has 3 rings (SSSR count). The number of fused-ring (bicyclic) bond motifs is 1. The maximum atomic E-state index is 11.9. The summed E-state index contributed by atoms with van der Waals surface area (Å²) in [4.78, 5) is 16.5. The van der Waals surface area contributed by atoms with E-state index < -0.39 is 0 Å². The highest BCUT2D eigenvalue weighted by Gasteiger charge is 2.08. The average Bonchev–Trinajstić information content (AvgIpc) is 3.03. The Morgan fingerprint density at radius 3 is 2.75 bits per heavy atom. The molecule has 2 aromatic carbocycles. The summed E-state index contributed by atoms with van der Waals surface area (Å²) in [5.41, 5.74) is 1.90. The Morgan fingerprint density at radius 2 is 1.92 bits per heavy atom. The summed E-state index contributed by atoms with van der Waals surface area (Å²) in [6.45, 7) is 0.240. The first-order valence-corrected chi connectivity index (χ1v) is 8.70. The highest BCUT2D eigenvalue weighted by Crippen LogP contribution is 2.23. The van der Waals surface area contributed by atoms with Crippen LogP contribution in [0, 0.1) is 0 Å². The number of hydrogen-bond acceptors (Lipinski definition) is 5. The molecule has 0 bridgehead atoms. The predicted molar refractivity (Wildman–Crippen MR) is 95.3 cm³/mol. The minimum absolute atomic E-state index is 0.193. The molecule has 0 saturated carbocycles. The molecule has 0 spiro atoms. The van der Waals surface area contributed by atoms with Gasteiger partial charge in [-0.3, -0.25) is 4.79 Å². The van der Waals surface area contributed by atoms with E-state index in [0.29, 0.717) is 6.42 Å². The van der Waals surface area contributed by atoms with Crippen LogP contribution in [0.1, 0.15) is 23.4 Å². The van der Waals surface area contributed by atoms with Crippen LogP contribution in [0.2, 0.25) is 0 Å². The van der Waals surface area contributed by atoms with Crippen molar-refractivity contribution in [2.24, 2.45) is 0 Å². The molecule has 124 valence electrons. The number of aryl methyl sites for hydroxylation is 1. The number of ether oxygens (including phenoxy) is 2. The Bertz CT molecular complexity index is 795. The van der Waals surface area contributed by atoms with Gasteiger partial charge in [-0.1, -0.05) is 30.3 Å². The molecule has 0 aliphatic rings. The van der Waals surface area contributed by atoms with Gasteiger partial charge in [0.05, 0.1) is 22.3 Å². The Balaban J connectivity index is 1.45. The van der Waals surface area contributed by atoms with E-state index in [1.165, 1.54) is 4.70 Å². The molecule has 1 heterocycles. The Labute approximate surface area is 145 Å². The van der Waals surface area contributed by atoms with E-state index in [2.05, 4.69) is 11.1 Å². The van der Waals surface area contributed by atoms with Gasteiger partial charge in [0.25, 0.3) is 0 Å². The number of nitrogens with zero attached hydrogens (tertiary/aromatic N) is 1. The van der Waals surface area contributed by atoms with Gasteiger partial charge in [-0.25, -0.2) is 4.98 Å². The van der Waals surface area contributed by atoms with E-state index in [9.17, 15) is 4.79 Å². The number of methoxy groups -OCH3 is 1. The maximum Gasteiger partial charge on any atom is 0.306 e. The van der Waals surface area contributed by atoms with Crippen molar-refractivity contribution in [2.75, 3.05) is 7.11 Å². The molecule has 0 radical (unpaired) electrons. The van der Waals surface area contributed by atoms with Crippen molar-refractivity contribution < 1.29 is 14.3 Å². The average molecular weight is 341 g/mol. The standard InChI is InChI=1S/C19H19NO3S/c1-22-16-9-4-2-7-14(16)13-23-19(21)12-6-11-18-20-15-8-3-5-10-17(15)24-18/h2-5,7-10H,6,11-13H2,1H3. The second-order valence-electron chi connectivity index (χ2n) is 5.40. The monoisotopic (exact) mass is 341 g/mol. The van der Waals surface area contributed by atoms with Gasteiger partial charge >= 0.3 is 5.97 Å². The molecule has 0 fully saturated rings. The van der Waals surface area contributed by atoms with Gasteiger partial charge in [0.2, 0.25) is 0 Å². The lowest BCUT2D eigenvalue weighted by atomic mass is 10.2. The molecule has 3 aromatic rings. The van der Waals surface area contributed by atoms with Crippen LogP contribution in [0.15, 0.2) is 48.5 Å². The van der Waals surface area contributed by atoms with Crippen LogP contribution in [0.3, 0.4) is 0 Å². The van der Waals surface area contributed by atoms with Crippen LogP contribution < -0.4 is 4.74 Å². The number of hydrogen-bond donors (Lipinski definition) is 0. The van der Waals surface area contributed by atoms with Crippen LogP contribution in [0.25, 0.3) is 10.2 Å². The summed E-state index contributed by atoms with van der Waals surface area (Å²) in [6.07, 6.45) is 1.93. The predicted octanol–water partition coefficient (Wildman–Crippen LogP) is 4.37. The number of thiazole rings is 1. The molecule has 0 aliphatic heterocycles. The first-order valence-electron chi connectivity index (χ1n) is 7.88.